The monoisotopic (exact) mass is 434 g/mol. The van der Waals surface area contributed by atoms with Gasteiger partial charge in [0, 0.05) is 24.7 Å². The molecule has 0 saturated heterocycles. The Labute approximate surface area is 185 Å². The molecule has 0 spiro atoms. The van der Waals surface area contributed by atoms with Crippen LogP contribution in [0.3, 0.4) is 0 Å². The number of nitro groups is 1. The van der Waals surface area contributed by atoms with Gasteiger partial charge in [0.1, 0.15) is 12.4 Å². The van der Waals surface area contributed by atoms with E-state index >= 15 is 0 Å². The molecule has 8 heteroatoms. The van der Waals surface area contributed by atoms with Crippen molar-refractivity contribution in [3.05, 3.63) is 99.1 Å². The number of nitrogens with zero attached hydrogens (tertiary/aromatic N) is 2. The second-order valence-electron chi connectivity index (χ2n) is 7.12. The summed E-state index contributed by atoms with van der Waals surface area (Å²) < 4.78 is 10.7. The predicted molar refractivity (Wildman–Crippen MR) is 119 cm³/mol. The zero-order chi connectivity index (χ0) is 23.3. The number of carbonyl (C=O) groups excluding carboxylic acids is 2. The van der Waals surface area contributed by atoms with Gasteiger partial charge in [-0.15, -0.1) is 0 Å². The van der Waals surface area contributed by atoms with Crippen molar-refractivity contribution >= 4 is 23.3 Å². The first kappa shape index (κ1) is 22.5. The Kier molecular flexibility index (Phi) is 6.84. The molecule has 0 aliphatic rings. The van der Waals surface area contributed by atoms with Gasteiger partial charge in [-0.2, -0.15) is 0 Å². The lowest BCUT2D eigenvalue weighted by Crippen LogP contribution is -2.26. The van der Waals surface area contributed by atoms with Crippen molar-refractivity contribution < 1.29 is 24.0 Å². The first-order valence-electron chi connectivity index (χ1n) is 9.73. The quantitative estimate of drug-likeness (QED) is 0.307. The molecule has 1 amide bonds. The molecule has 0 aliphatic carbocycles. The Morgan fingerprint density at radius 1 is 0.969 bits per heavy atom. The summed E-state index contributed by atoms with van der Waals surface area (Å²) in [5.41, 5.74) is 3.05. The summed E-state index contributed by atoms with van der Waals surface area (Å²) in [5.74, 6) is -0.222. The zero-order valence-electron chi connectivity index (χ0n) is 17.9. The molecule has 3 aromatic carbocycles. The lowest BCUT2D eigenvalue weighted by Gasteiger charge is -2.21. The molecular weight excluding hydrogens is 412 g/mol. The van der Waals surface area contributed by atoms with Crippen molar-refractivity contribution in [2.45, 2.75) is 13.5 Å². The minimum Gasteiger partial charge on any atom is -0.487 e. The van der Waals surface area contributed by atoms with Crippen LogP contribution in [0.25, 0.3) is 0 Å². The number of rotatable bonds is 7. The van der Waals surface area contributed by atoms with E-state index in [9.17, 15) is 19.7 Å². The molecule has 3 rings (SSSR count). The maximum Gasteiger partial charge on any atom is 0.337 e. The van der Waals surface area contributed by atoms with E-state index in [4.69, 9.17) is 9.47 Å². The Morgan fingerprint density at radius 2 is 1.59 bits per heavy atom. The highest BCUT2D eigenvalue weighted by molar-refractivity contribution is 6.06. The van der Waals surface area contributed by atoms with Crippen LogP contribution >= 0.6 is 0 Å². The van der Waals surface area contributed by atoms with Crippen molar-refractivity contribution in [1.29, 1.82) is 0 Å². The van der Waals surface area contributed by atoms with Crippen LogP contribution in [-0.4, -0.2) is 31.0 Å². The van der Waals surface area contributed by atoms with Crippen LogP contribution in [0, 0.1) is 17.0 Å². The maximum atomic E-state index is 12.9. The fourth-order valence-corrected chi connectivity index (χ4v) is 3.06. The summed E-state index contributed by atoms with van der Waals surface area (Å²) in [7, 11) is 2.94. The Hall–Kier alpha value is -4.20. The summed E-state index contributed by atoms with van der Waals surface area (Å²) in [6, 6.07) is 17.8. The summed E-state index contributed by atoms with van der Waals surface area (Å²) in [4.78, 5) is 36.3. The molecule has 32 heavy (non-hydrogen) atoms. The molecule has 3 aromatic rings. The molecule has 0 unspecified atom stereocenters. The van der Waals surface area contributed by atoms with Gasteiger partial charge in [0.05, 0.1) is 23.3 Å². The number of hydrogen-bond acceptors (Lipinski definition) is 6. The highest BCUT2D eigenvalue weighted by atomic mass is 16.6. The molecule has 0 bridgehead atoms. The number of ether oxygens (including phenoxy) is 2. The van der Waals surface area contributed by atoms with E-state index in [2.05, 4.69) is 0 Å². The van der Waals surface area contributed by atoms with Gasteiger partial charge in [-0.1, -0.05) is 18.2 Å². The van der Waals surface area contributed by atoms with Crippen molar-refractivity contribution in [3.8, 4) is 5.75 Å². The van der Waals surface area contributed by atoms with E-state index in [1.54, 1.807) is 37.4 Å². The largest absolute Gasteiger partial charge is 0.487 e. The fraction of sp³-hybridized carbons (Fsp3) is 0.167. The van der Waals surface area contributed by atoms with Gasteiger partial charge in [0.15, 0.2) is 0 Å². The number of hydrogen-bond donors (Lipinski definition) is 0. The first-order valence-corrected chi connectivity index (χ1v) is 9.73. The van der Waals surface area contributed by atoms with E-state index in [0.717, 1.165) is 11.1 Å². The van der Waals surface area contributed by atoms with Crippen LogP contribution in [0.5, 0.6) is 5.75 Å². The topological polar surface area (TPSA) is 99.0 Å². The first-order chi connectivity index (χ1) is 15.3. The fourth-order valence-electron chi connectivity index (χ4n) is 3.06. The van der Waals surface area contributed by atoms with Crippen LogP contribution in [0.15, 0.2) is 66.7 Å². The molecule has 8 nitrogen and oxygen atoms in total. The average molecular weight is 434 g/mol. The minimum absolute atomic E-state index is 0.0817. The molecule has 0 aliphatic heterocycles. The molecule has 0 heterocycles. The van der Waals surface area contributed by atoms with Gasteiger partial charge >= 0.3 is 5.97 Å². The number of non-ortho nitro benzene ring substituents is 1. The molecule has 164 valence electrons. The number of amides is 1. The SMILES string of the molecule is COC(=O)c1ccc(COc2cc(C)ccc2N(C)C(=O)c2ccc([N+](=O)[O-])cc2)cc1. The van der Waals surface area contributed by atoms with Gasteiger partial charge in [-0.3, -0.25) is 14.9 Å². The number of methoxy groups -OCH3 is 1. The maximum absolute atomic E-state index is 12.9. The molecule has 0 N–H and O–H groups in total. The molecular formula is C24H22N2O6. The van der Waals surface area contributed by atoms with Crippen LogP contribution in [0.1, 0.15) is 31.8 Å². The van der Waals surface area contributed by atoms with E-state index < -0.39 is 10.9 Å². The average Bonchev–Trinajstić information content (AvgIpc) is 2.81. The molecule has 0 aromatic heterocycles. The van der Waals surface area contributed by atoms with Gasteiger partial charge in [0.25, 0.3) is 11.6 Å². The third-order valence-electron chi connectivity index (χ3n) is 4.88. The number of benzene rings is 3. The summed E-state index contributed by atoms with van der Waals surface area (Å²) in [6.07, 6.45) is 0. The van der Waals surface area contributed by atoms with Crippen LogP contribution < -0.4 is 9.64 Å². The number of nitro benzene ring substituents is 1. The summed E-state index contributed by atoms with van der Waals surface area (Å²) in [6.45, 7) is 2.15. The van der Waals surface area contributed by atoms with E-state index in [1.807, 2.05) is 19.1 Å². The predicted octanol–water partition coefficient (Wildman–Crippen LogP) is 4.55. The summed E-state index contributed by atoms with van der Waals surface area (Å²) in [5, 5.41) is 10.8. The molecule has 0 atom stereocenters. The Morgan fingerprint density at radius 3 is 2.19 bits per heavy atom. The third-order valence-corrected chi connectivity index (χ3v) is 4.88. The van der Waals surface area contributed by atoms with Crippen LogP contribution in [0.2, 0.25) is 0 Å². The second kappa shape index (κ2) is 9.74. The highest BCUT2D eigenvalue weighted by Gasteiger charge is 2.19. The lowest BCUT2D eigenvalue weighted by atomic mass is 10.1. The van der Waals surface area contributed by atoms with Crippen LogP contribution in [0.4, 0.5) is 11.4 Å². The van der Waals surface area contributed by atoms with Gasteiger partial charge in [0.2, 0.25) is 0 Å². The summed E-state index contributed by atoms with van der Waals surface area (Å²) >= 11 is 0. The molecule has 0 fully saturated rings. The van der Waals surface area contributed by atoms with E-state index in [1.165, 1.54) is 36.3 Å². The second-order valence-corrected chi connectivity index (χ2v) is 7.12. The standard InChI is InChI=1S/C24H22N2O6/c1-16-4-13-21(25(2)23(27)18-9-11-20(12-10-18)26(29)30)22(14-16)32-15-17-5-7-19(8-6-17)24(28)31-3/h4-14H,15H2,1-3H3. The van der Waals surface area contributed by atoms with Gasteiger partial charge in [-0.25, -0.2) is 4.79 Å². The molecule has 0 radical (unpaired) electrons. The van der Waals surface area contributed by atoms with Crippen molar-refractivity contribution in [2.75, 3.05) is 19.1 Å². The minimum atomic E-state index is -0.512. The van der Waals surface area contributed by atoms with Crippen molar-refractivity contribution in [1.82, 2.24) is 0 Å². The smallest absolute Gasteiger partial charge is 0.337 e. The third kappa shape index (κ3) is 5.10. The van der Waals surface area contributed by atoms with Crippen molar-refractivity contribution in [2.24, 2.45) is 0 Å². The molecule has 0 saturated carbocycles. The Bertz CT molecular complexity index is 1140. The van der Waals surface area contributed by atoms with Gasteiger partial charge in [-0.05, 0) is 54.4 Å². The number of carbonyl (C=O) groups is 2. The number of esters is 1. The Balaban J connectivity index is 1.78. The zero-order valence-corrected chi connectivity index (χ0v) is 17.9. The van der Waals surface area contributed by atoms with E-state index in [0.29, 0.717) is 22.6 Å². The van der Waals surface area contributed by atoms with E-state index in [-0.39, 0.29) is 18.2 Å². The van der Waals surface area contributed by atoms with Gasteiger partial charge < -0.3 is 14.4 Å². The lowest BCUT2D eigenvalue weighted by molar-refractivity contribution is -0.384. The van der Waals surface area contributed by atoms with Crippen LogP contribution in [-0.2, 0) is 11.3 Å². The number of aryl methyl sites for hydroxylation is 1. The highest BCUT2D eigenvalue weighted by Crippen LogP contribution is 2.31. The van der Waals surface area contributed by atoms with Crippen molar-refractivity contribution in [3.63, 3.8) is 0 Å². The number of anilines is 1. The normalized spacial score (nSPS) is 10.3.